The lowest BCUT2D eigenvalue weighted by Gasteiger charge is -2.28. The van der Waals surface area contributed by atoms with E-state index in [0.29, 0.717) is 12.3 Å². The summed E-state index contributed by atoms with van der Waals surface area (Å²) in [7, 11) is 0. The zero-order chi connectivity index (χ0) is 27.8. The summed E-state index contributed by atoms with van der Waals surface area (Å²) >= 11 is 0. The molecule has 6 nitrogen and oxygen atoms in total. The molecular weight excluding hydrogens is 490 g/mol. The molecule has 0 spiro atoms. The van der Waals surface area contributed by atoms with Crippen LogP contribution in [0, 0.1) is 0 Å². The van der Waals surface area contributed by atoms with E-state index in [-0.39, 0.29) is 30.4 Å². The third kappa shape index (κ3) is 8.14. The maximum atomic E-state index is 11.2. The van der Waals surface area contributed by atoms with Crippen molar-refractivity contribution in [3.8, 4) is 5.75 Å². The molecule has 4 aromatic rings. The van der Waals surface area contributed by atoms with E-state index in [0.717, 1.165) is 17.5 Å². The molecule has 0 aliphatic heterocycles. The number of para-hydroxylation sites is 1. The Morgan fingerprint density at radius 3 is 2.44 bits per heavy atom. The topological polar surface area (TPSA) is 88.0 Å². The monoisotopic (exact) mass is 527 g/mol. The van der Waals surface area contributed by atoms with Crippen LogP contribution in [0.4, 0.5) is 0 Å². The van der Waals surface area contributed by atoms with Gasteiger partial charge < -0.3 is 25.0 Å². The lowest BCUT2D eigenvalue weighted by molar-refractivity contribution is -0.00520. The minimum Gasteiger partial charge on any atom is -0.489 e. The second-order valence-corrected chi connectivity index (χ2v) is 10.6. The molecule has 0 saturated carbocycles. The number of carboxylic acids is 1. The third-order valence-corrected chi connectivity index (χ3v) is 6.74. The molecule has 0 fully saturated rings. The second-order valence-electron chi connectivity index (χ2n) is 10.6. The zero-order valence-electron chi connectivity index (χ0n) is 22.8. The minimum atomic E-state index is -0.968. The van der Waals surface area contributed by atoms with Crippen LogP contribution < -0.4 is 10.1 Å². The van der Waals surface area contributed by atoms with Crippen LogP contribution in [-0.2, 0) is 17.8 Å². The number of aromatic carboxylic acids is 1. The van der Waals surface area contributed by atoms with E-state index in [4.69, 9.17) is 9.47 Å². The smallest absolute Gasteiger partial charge is 0.335 e. The summed E-state index contributed by atoms with van der Waals surface area (Å²) in [5, 5.41) is 25.8. The number of aliphatic hydroxyl groups excluding tert-OH is 1. The molecule has 0 amide bonds. The highest BCUT2D eigenvalue weighted by Gasteiger charge is 2.21. The molecule has 3 N–H and O–H groups in total. The Bertz CT molecular complexity index is 1400. The molecule has 2 atom stereocenters. The quantitative estimate of drug-likeness (QED) is 0.193. The summed E-state index contributed by atoms with van der Waals surface area (Å²) in [4.78, 5) is 11.2. The molecule has 0 aliphatic carbocycles. The number of aliphatic hydroxyl groups is 1. The summed E-state index contributed by atoms with van der Waals surface area (Å²) in [5.41, 5.74) is 2.91. The highest BCUT2D eigenvalue weighted by Crippen LogP contribution is 2.28. The molecule has 0 saturated heterocycles. The van der Waals surface area contributed by atoms with Crippen molar-refractivity contribution in [3.63, 3.8) is 0 Å². The van der Waals surface area contributed by atoms with E-state index in [2.05, 4.69) is 55.6 Å². The summed E-state index contributed by atoms with van der Waals surface area (Å²) in [5.74, 6) is -0.306. The van der Waals surface area contributed by atoms with Crippen LogP contribution >= 0.6 is 0 Å². The molecule has 0 bridgehead atoms. The van der Waals surface area contributed by atoms with E-state index < -0.39 is 12.1 Å². The lowest BCUT2D eigenvalue weighted by atomic mass is 9.93. The third-order valence-electron chi connectivity index (χ3n) is 6.74. The molecule has 204 valence electrons. The van der Waals surface area contributed by atoms with Crippen molar-refractivity contribution in [2.24, 2.45) is 0 Å². The first-order chi connectivity index (χ1) is 18.7. The average molecular weight is 528 g/mol. The predicted molar refractivity (Wildman–Crippen MR) is 154 cm³/mol. The summed E-state index contributed by atoms with van der Waals surface area (Å²) in [6.45, 7) is 7.03. The van der Waals surface area contributed by atoms with Gasteiger partial charge in [-0.05, 0) is 67.3 Å². The first kappa shape index (κ1) is 28.3. The van der Waals surface area contributed by atoms with Gasteiger partial charge in [-0.1, -0.05) is 72.8 Å². The van der Waals surface area contributed by atoms with Crippen LogP contribution in [0.2, 0.25) is 0 Å². The number of β-amino-alcohol motifs (C(OH)–C–C–N with tert-alkyl or cyclic N) is 1. The maximum Gasteiger partial charge on any atom is 0.335 e. The van der Waals surface area contributed by atoms with Crippen molar-refractivity contribution in [3.05, 3.63) is 113 Å². The lowest BCUT2D eigenvalue weighted by Crippen LogP contribution is -2.46. The number of fused-ring (bicyclic) bond motifs is 1. The van der Waals surface area contributed by atoms with E-state index in [1.807, 2.05) is 43.3 Å². The SMILES string of the molecule is C[C@@H](OC[C@H](O)CNC(C)(C)Cc1ccc2ccccc2c1)c1ccccc1OCc1cccc(C(=O)O)c1. The fourth-order valence-electron chi connectivity index (χ4n) is 4.62. The fourth-order valence-corrected chi connectivity index (χ4v) is 4.62. The Balaban J connectivity index is 1.27. The Morgan fingerprint density at radius 1 is 0.897 bits per heavy atom. The van der Waals surface area contributed by atoms with Crippen LogP contribution in [0.25, 0.3) is 10.8 Å². The van der Waals surface area contributed by atoms with Crippen molar-refractivity contribution >= 4 is 16.7 Å². The Morgan fingerprint density at radius 2 is 1.64 bits per heavy atom. The summed E-state index contributed by atoms with van der Waals surface area (Å²) in [6, 6.07) is 29.2. The van der Waals surface area contributed by atoms with Crippen molar-refractivity contribution in [2.45, 2.75) is 51.5 Å². The van der Waals surface area contributed by atoms with E-state index in [1.165, 1.54) is 16.3 Å². The van der Waals surface area contributed by atoms with Crippen LogP contribution in [0.5, 0.6) is 5.75 Å². The van der Waals surface area contributed by atoms with Crippen molar-refractivity contribution < 1.29 is 24.5 Å². The van der Waals surface area contributed by atoms with Crippen molar-refractivity contribution in [1.82, 2.24) is 5.32 Å². The van der Waals surface area contributed by atoms with Crippen LogP contribution in [0.3, 0.4) is 0 Å². The van der Waals surface area contributed by atoms with Gasteiger partial charge in [0, 0.05) is 17.6 Å². The highest BCUT2D eigenvalue weighted by molar-refractivity contribution is 5.87. The molecule has 4 aromatic carbocycles. The molecule has 0 aliphatic rings. The molecular formula is C33H37NO5. The number of hydrogen-bond donors (Lipinski definition) is 3. The number of ether oxygens (including phenoxy) is 2. The molecule has 6 heteroatoms. The molecule has 0 aromatic heterocycles. The van der Waals surface area contributed by atoms with Gasteiger partial charge in [-0.2, -0.15) is 0 Å². The first-order valence-corrected chi connectivity index (χ1v) is 13.3. The predicted octanol–water partition coefficient (Wildman–Crippen LogP) is 6.17. The number of carboxylic acid groups (broad SMARTS) is 1. The standard InChI is InChI=1S/C33H37NO5/c1-23(30-13-6-7-14-31(30)39-21-25-9-8-12-28(18-25)32(36)37)38-22-29(35)20-34-33(2,3)19-24-15-16-26-10-4-5-11-27(26)17-24/h4-18,23,29,34-35H,19-22H2,1-3H3,(H,36,37)/t23-,29-/m1/s1. The van der Waals surface area contributed by atoms with Gasteiger partial charge in [-0.25, -0.2) is 4.79 Å². The second kappa shape index (κ2) is 12.9. The van der Waals surface area contributed by atoms with E-state index >= 15 is 0 Å². The molecule has 4 rings (SSSR count). The van der Waals surface area contributed by atoms with Gasteiger partial charge in [-0.15, -0.1) is 0 Å². The van der Waals surface area contributed by atoms with E-state index in [9.17, 15) is 15.0 Å². The Kier molecular flexibility index (Phi) is 9.36. The van der Waals surface area contributed by atoms with Crippen molar-refractivity contribution in [2.75, 3.05) is 13.2 Å². The van der Waals surface area contributed by atoms with Gasteiger partial charge >= 0.3 is 5.97 Å². The number of carbonyl (C=O) groups is 1. The van der Waals surface area contributed by atoms with Crippen LogP contribution in [0.1, 0.15) is 53.9 Å². The number of nitrogens with one attached hydrogen (secondary N) is 1. The number of rotatable bonds is 13. The molecule has 0 radical (unpaired) electrons. The Labute approximate surface area is 230 Å². The number of hydrogen-bond acceptors (Lipinski definition) is 5. The largest absolute Gasteiger partial charge is 0.489 e. The van der Waals surface area contributed by atoms with Gasteiger partial charge in [0.05, 0.1) is 24.4 Å². The molecule has 0 unspecified atom stereocenters. The average Bonchev–Trinajstić information content (AvgIpc) is 2.93. The van der Waals surface area contributed by atoms with Crippen molar-refractivity contribution in [1.29, 1.82) is 0 Å². The maximum absolute atomic E-state index is 11.2. The summed E-state index contributed by atoms with van der Waals surface area (Å²) < 4.78 is 12.0. The molecule has 0 heterocycles. The van der Waals surface area contributed by atoms with Gasteiger partial charge in [0.15, 0.2) is 0 Å². The molecule has 39 heavy (non-hydrogen) atoms. The normalized spacial score (nSPS) is 13.2. The number of benzene rings is 4. The van der Waals surface area contributed by atoms with Gasteiger partial charge in [0.2, 0.25) is 0 Å². The zero-order valence-corrected chi connectivity index (χ0v) is 22.8. The van der Waals surface area contributed by atoms with Gasteiger partial charge in [0.25, 0.3) is 0 Å². The Hall–Kier alpha value is -3.71. The van der Waals surface area contributed by atoms with E-state index in [1.54, 1.807) is 18.2 Å². The first-order valence-electron chi connectivity index (χ1n) is 13.3. The van der Waals surface area contributed by atoms with Crippen LogP contribution in [0.15, 0.2) is 91.0 Å². The van der Waals surface area contributed by atoms with Gasteiger partial charge in [0.1, 0.15) is 12.4 Å². The minimum absolute atomic E-state index is 0.176. The summed E-state index contributed by atoms with van der Waals surface area (Å²) in [6.07, 6.45) is -0.135. The fraction of sp³-hybridized carbons (Fsp3) is 0.303. The van der Waals surface area contributed by atoms with Crippen LogP contribution in [-0.4, -0.2) is 41.0 Å². The van der Waals surface area contributed by atoms with Gasteiger partial charge in [-0.3, -0.25) is 0 Å². The highest BCUT2D eigenvalue weighted by atomic mass is 16.5.